The third kappa shape index (κ3) is 4.01. The number of amidine groups is 1. The second-order valence-electron chi connectivity index (χ2n) is 8.27. The highest BCUT2D eigenvalue weighted by Gasteiger charge is 2.37. The van der Waals surface area contributed by atoms with Gasteiger partial charge in [-0.2, -0.15) is 23.1 Å². The first kappa shape index (κ1) is 23.9. The molecule has 1 amide bonds. The maximum absolute atomic E-state index is 13.9. The summed E-state index contributed by atoms with van der Waals surface area (Å²) in [6, 6.07) is 5.60. The van der Waals surface area contributed by atoms with Crippen LogP contribution in [-0.2, 0) is 17.4 Å². The molecular formula is C24H19F3N6O2S. The molecule has 0 saturated heterocycles. The average Bonchev–Trinajstić information content (AvgIpc) is 3.33. The van der Waals surface area contributed by atoms with E-state index in [0.29, 0.717) is 41.4 Å². The predicted molar refractivity (Wildman–Crippen MR) is 130 cm³/mol. The van der Waals surface area contributed by atoms with E-state index in [2.05, 4.69) is 19.9 Å². The fourth-order valence-electron chi connectivity index (χ4n) is 4.37. The van der Waals surface area contributed by atoms with Crippen LogP contribution in [0.5, 0.6) is 0 Å². The largest absolute Gasteiger partial charge is 0.609 e. The Balaban J connectivity index is 1.72. The van der Waals surface area contributed by atoms with Crippen LogP contribution in [0, 0.1) is 6.92 Å². The Morgan fingerprint density at radius 2 is 2.00 bits per heavy atom. The smallest absolute Gasteiger partial charge is 0.417 e. The number of hydrogen-bond acceptors (Lipinski definition) is 7. The Kier molecular flexibility index (Phi) is 5.80. The van der Waals surface area contributed by atoms with Gasteiger partial charge in [0.2, 0.25) is 0 Å². The number of halogens is 3. The second kappa shape index (κ2) is 8.71. The molecule has 2 N–H and O–H groups in total. The zero-order chi connectivity index (χ0) is 25.8. The van der Waals surface area contributed by atoms with Crippen LogP contribution >= 0.6 is 0 Å². The van der Waals surface area contributed by atoms with E-state index < -0.39 is 34.5 Å². The van der Waals surface area contributed by atoms with Gasteiger partial charge in [0.05, 0.1) is 12.1 Å². The summed E-state index contributed by atoms with van der Waals surface area (Å²) in [6.45, 7) is 2.86. The number of fused-ring (bicyclic) bond motifs is 3. The minimum atomic E-state index is -4.72. The standard InChI is InChI=1S/C24H19F3N6O2S/c1-12-3-4-13(18-17(24(25,26)27)5-6-29-19(18)20(28)34)9-15(12)16-10-14-11-31-23(36(2)35)32-21(14)33-8-7-30-22(16)33/h3-6,9-11H,7-8H2,1-2H3,(H2,28,34). The fraction of sp³-hybridized carbons (Fsp3) is 0.208. The summed E-state index contributed by atoms with van der Waals surface area (Å²) in [5, 5.41) is 0.199. The zero-order valence-electron chi connectivity index (χ0n) is 19.1. The van der Waals surface area contributed by atoms with Gasteiger partial charge in [0.1, 0.15) is 23.6 Å². The number of pyridine rings is 1. The van der Waals surface area contributed by atoms with Gasteiger partial charge in [-0.1, -0.05) is 12.1 Å². The summed E-state index contributed by atoms with van der Waals surface area (Å²) in [5.74, 6) is 0.120. The maximum Gasteiger partial charge on any atom is 0.417 e. The van der Waals surface area contributed by atoms with Gasteiger partial charge in [-0.05, 0) is 41.8 Å². The molecule has 0 saturated carbocycles. The van der Waals surface area contributed by atoms with Crippen LogP contribution in [-0.4, -0.2) is 50.6 Å². The number of benzene rings is 1. The average molecular weight is 513 g/mol. The third-order valence-electron chi connectivity index (χ3n) is 5.97. The minimum absolute atomic E-state index is 0.148. The lowest BCUT2D eigenvalue weighted by atomic mass is 9.90. The summed E-state index contributed by atoms with van der Waals surface area (Å²) < 4.78 is 53.6. The molecule has 0 spiro atoms. The highest BCUT2D eigenvalue weighted by atomic mass is 32.2. The second-order valence-corrected chi connectivity index (χ2v) is 9.55. The number of nitrogens with zero attached hydrogens (tertiary/aromatic N) is 5. The lowest BCUT2D eigenvalue weighted by Gasteiger charge is -2.28. The van der Waals surface area contributed by atoms with Crippen molar-refractivity contribution in [3.63, 3.8) is 0 Å². The third-order valence-corrected chi connectivity index (χ3v) is 6.69. The summed E-state index contributed by atoms with van der Waals surface area (Å²) in [5.41, 5.74) is 6.45. The van der Waals surface area contributed by atoms with Crippen molar-refractivity contribution in [3.05, 3.63) is 64.6 Å². The molecule has 8 nitrogen and oxygen atoms in total. The number of carbonyl (C=O) groups excluding carboxylic acids is 1. The monoisotopic (exact) mass is 512 g/mol. The molecule has 2 aliphatic heterocycles. The number of anilines is 1. The van der Waals surface area contributed by atoms with Crippen LogP contribution in [0.25, 0.3) is 22.8 Å². The van der Waals surface area contributed by atoms with Crippen molar-refractivity contribution in [2.24, 2.45) is 10.7 Å². The first-order valence-electron chi connectivity index (χ1n) is 10.8. The molecule has 12 heteroatoms. The number of carbonyl (C=O) groups is 1. The quantitative estimate of drug-likeness (QED) is 0.422. The van der Waals surface area contributed by atoms with Crippen LogP contribution in [0.1, 0.15) is 32.7 Å². The molecular weight excluding hydrogens is 493 g/mol. The normalized spacial score (nSPS) is 15.7. The van der Waals surface area contributed by atoms with E-state index >= 15 is 0 Å². The molecule has 36 heavy (non-hydrogen) atoms. The highest BCUT2D eigenvalue weighted by Crippen LogP contribution is 2.41. The first-order valence-corrected chi connectivity index (χ1v) is 12.3. The van der Waals surface area contributed by atoms with Crippen LogP contribution in [0.2, 0.25) is 0 Å². The molecule has 1 atom stereocenters. The van der Waals surface area contributed by atoms with Gasteiger partial charge >= 0.3 is 11.3 Å². The molecule has 1 aromatic carbocycles. The Morgan fingerprint density at radius 3 is 2.69 bits per heavy atom. The number of aryl methyl sites for hydroxylation is 1. The van der Waals surface area contributed by atoms with E-state index in [9.17, 15) is 22.5 Å². The molecule has 0 bridgehead atoms. The molecule has 2 aromatic heterocycles. The molecule has 5 rings (SSSR count). The summed E-state index contributed by atoms with van der Waals surface area (Å²) in [6.07, 6.45) is 1.07. The van der Waals surface area contributed by atoms with Gasteiger partial charge in [-0.3, -0.25) is 14.8 Å². The summed E-state index contributed by atoms with van der Waals surface area (Å²) in [7, 11) is 0. The van der Waals surface area contributed by atoms with Crippen molar-refractivity contribution >= 4 is 40.4 Å². The van der Waals surface area contributed by atoms with Crippen molar-refractivity contribution in [3.8, 4) is 11.1 Å². The van der Waals surface area contributed by atoms with Gasteiger partial charge in [-0.15, -0.1) is 0 Å². The van der Waals surface area contributed by atoms with E-state index in [4.69, 9.17) is 5.73 Å². The molecule has 0 aliphatic carbocycles. The Morgan fingerprint density at radius 1 is 1.22 bits per heavy atom. The van der Waals surface area contributed by atoms with Crippen molar-refractivity contribution in [2.45, 2.75) is 18.3 Å². The molecule has 1 unspecified atom stereocenters. The molecule has 2 aliphatic rings. The molecule has 0 fully saturated rings. The van der Waals surface area contributed by atoms with Crippen molar-refractivity contribution in [1.82, 2.24) is 15.0 Å². The Labute approximate surface area is 207 Å². The van der Waals surface area contributed by atoms with Crippen LogP contribution in [0.4, 0.5) is 19.0 Å². The molecule has 0 radical (unpaired) electrons. The van der Waals surface area contributed by atoms with Gasteiger partial charge in [0.15, 0.2) is 0 Å². The molecule has 3 aromatic rings. The topological polar surface area (TPSA) is 120 Å². The Bertz CT molecular complexity index is 1470. The molecule has 4 heterocycles. The van der Waals surface area contributed by atoms with Gasteiger partial charge < -0.3 is 15.2 Å². The predicted octanol–water partition coefficient (Wildman–Crippen LogP) is 3.47. The number of alkyl halides is 3. The van der Waals surface area contributed by atoms with Gasteiger partial charge in [0, 0.05) is 46.8 Å². The van der Waals surface area contributed by atoms with E-state index in [1.807, 2.05) is 17.9 Å². The zero-order valence-corrected chi connectivity index (χ0v) is 19.9. The SMILES string of the molecule is Cc1ccc(-c2c(C(F)(F)F)ccnc2C(N)=O)cc1C1=Cc2cnc([S+](C)[O-])nc2N2CCN=C12. The maximum atomic E-state index is 13.9. The van der Waals surface area contributed by atoms with E-state index in [1.54, 1.807) is 18.3 Å². The lowest BCUT2D eigenvalue weighted by molar-refractivity contribution is -0.137. The number of primary amides is 1. The van der Waals surface area contributed by atoms with Crippen molar-refractivity contribution in [2.75, 3.05) is 24.2 Å². The summed E-state index contributed by atoms with van der Waals surface area (Å²) >= 11 is -1.37. The lowest BCUT2D eigenvalue weighted by Crippen LogP contribution is -2.33. The van der Waals surface area contributed by atoms with Crippen LogP contribution < -0.4 is 10.6 Å². The fourth-order valence-corrected chi connectivity index (χ4v) is 4.79. The highest BCUT2D eigenvalue weighted by molar-refractivity contribution is 7.90. The van der Waals surface area contributed by atoms with Crippen LogP contribution in [0.15, 0.2) is 46.8 Å². The minimum Gasteiger partial charge on any atom is -0.609 e. The van der Waals surface area contributed by atoms with E-state index in [-0.39, 0.29) is 16.3 Å². The van der Waals surface area contributed by atoms with Gasteiger partial charge in [0.25, 0.3) is 5.91 Å². The van der Waals surface area contributed by atoms with Gasteiger partial charge in [-0.25, -0.2) is 0 Å². The van der Waals surface area contributed by atoms with E-state index in [0.717, 1.165) is 17.8 Å². The number of nitrogens with two attached hydrogens (primary N) is 1. The number of amides is 1. The Hall–Kier alpha value is -3.77. The first-order chi connectivity index (χ1) is 17.1. The number of aliphatic imine (C=N–C) groups is 1. The van der Waals surface area contributed by atoms with Crippen LogP contribution in [0.3, 0.4) is 0 Å². The van der Waals surface area contributed by atoms with Crippen molar-refractivity contribution in [1.29, 1.82) is 0 Å². The van der Waals surface area contributed by atoms with Crippen molar-refractivity contribution < 1.29 is 22.5 Å². The number of hydrogen-bond donors (Lipinski definition) is 1. The number of rotatable bonds is 4. The molecule has 184 valence electrons. The number of aromatic nitrogens is 3. The summed E-state index contributed by atoms with van der Waals surface area (Å²) in [4.78, 5) is 31.0. The van der Waals surface area contributed by atoms with E-state index in [1.165, 1.54) is 12.3 Å².